The molecule has 1 rings (SSSR count). The van der Waals surface area contributed by atoms with Crippen LogP contribution >= 0.6 is 0 Å². The molecule has 0 saturated heterocycles. The van der Waals surface area contributed by atoms with Crippen LogP contribution < -0.4 is 0 Å². The summed E-state index contributed by atoms with van der Waals surface area (Å²) in [5, 5.41) is 8.93. The van der Waals surface area contributed by atoms with E-state index in [9.17, 15) is 8.42 Å². The summed E-state index contributed by atoms with van der Waals surface area (Å²) in [5.74, 6) is 0. The fourth-order valence-electron chi connectivity index (χ4n) is 1.48. The van der Waals surface area contributed by atoms with Crippen molar-refractivity contribution in [2.75, 3.05) is 20.2 Å². The molecule has 0 radical (unpaired) electrons. The maximum atomic E-state index is 12.2. The second kappa shape index (κ2) is 7.00. The zero-order valence-electron chi connectivity index (χ0n) is 11.5. The Morgan fingerprint density at radius 3 is 2.32 bits per heavy atom. The summed E-state index contributed by atoms with van der Waals surface area (Å²) in [6, 6.07) is 6.21. The second-order valence-corrected chi connectivity index (χ2v) is 6.59. The minimum absolute atomic E-state index is 0.0833. The van der Waals surface area contributed by atoms with Crippen molar-refractivity contribution in [1.29, 1.82) is 0 Å². The number of sulfonamides is 1. The van der Waals surface area contributed by atoms with Gasteiger partial charge in [0.15, 0.2) is 0 Å². The maximum absolute atomic E-state index is 12.2. The number of benzene rings is 1. The molecule has 6 heteroatoms. The number of ether oxygens (including phenoxy) is 1. The third-order valence-corrected chi connectivity index (χ3v) is 4.54. The van der Waals surface area contributed by atoms with Gasteiger partial charge in [0, 0.05) is 13.6 Å². The second-order valence-electron chi connectivity index (χ2n) is 4.55. The smallest absolute Gasteiger partial charge is 0.242 e. The zero-order valence-corrected chi connectivity index (χ0v) is 12.4. The van der Waals surface area contributed by atoms with Crippen molar-refractivity contribution in [2.45, 2.75) is 31.5 Å². The van der Waals surface area contributed by atoms with Crippen LogP contribution in [0.4, 0.5) is 0 Å². The van der Waals surface area contributed by atoms with Crippen molar-refractivity contribution in [3.05, 3.63) is 29.8 Å². The van der Waals surface area contributed by atoms with Crippen molar-refractivity contribution in [3.63, 3.8) is 0 Å². The molecule has 0 aromatic heterocycles. The fraction of sp³-hybridized carbons (Fsp3) is 0.538. The molecule has 0 heterocycles. The summed E-state index contributed by atoms with van der Waals surface area (Å²) >= 11 is 0. The molecule has 1 N–H and O–H groups in total. The molecular weight excluding hydrogens is 266 g/mol. The molecule has 0 saturated carbocycles. The first-order chi connectivity index (χ1) is 8.87. The highest BCUT2D eigenvalue weighted by Crippen LogP contribution is 2.15. The van der Waals surface area contributed by atoms with Crippen LogP contribution in [-0.4, -0.2) is 44.1 Å². The van der Waals surface area contributed by atoms with E-state index in [4.69, 9.17) is 9.84 Å². The third-order valence-electron chi connectivity index (χ3n) is 2.67. The number of likely N-dealkylation sites (N-methyl/N-ethyl adjacent to an activating group) is 1. The molecule has 1 aromatic rings. The average molecular weight is 287 g/mol. The molecule has 0 aliphatic rings. The molecule has 0 spiro atoms. The average Bonchev–Trinajstić information content (AvgIpc) is 2.38. The highest BCUT2D eigenvalue weighted by atomic mass is 32.2. The van der Waals surface area contributed by atoms with Crippen LogP contribution in [0.15, 0.2) is 29.2 Å². The molecule has 0 unspecified atom stereocenters. The van der Waals surface area contributed by atoms with Crippen LogP contribution in [0.3, 0.4) is 0 Å². The largest absolute Gasteiger partial charge is 0.392 e. The van der Waals surface area contributed by atoms with Gasteiger partial charge in [-0.15, -0.1) is 0 Å². The predicted molar refractivity (Wildman–Crippen MR) is 73.3 cm³/mol. The van der Waals surface area contributed by atoms with Gasteiger partial charge >= 0.3 is 0 Å². The van der Waals surface area contributed by atoms with Crippen LogP contribution in [0.25, 0.3) is 0 Å². The first kappa shape index (κ1) is 16.1. The monoisotopic (exact) mass is 287 g/mol. The molecule has 1 aromatic carbocycles. The van der Waals surface area contributed by atoms with E-state index in [1.165, 1.54) is 23.5 Å². The van der Waals surface area contributed by atoms with E-state index in [-0.39, 0.29) is 17.6 Å². The molecule has 0 amide bonds. The van der Waals surface area contributed by atoms with Crippen molar-refractivity contribution in [3.8, 4) is 0 Å². The van der Waals surface area contributed by atoms with E-state index in [1.54, 1.807) is 12.1 Å². The Bertz CT molecular complexity index is 482. The third kappa shape index (κ3) is 4.58. The molecule has 0 atom stereocenters. The number of rotatable bonds is 7. The van der Waals surface area contributed by atoms with Gasteiger partial charge < -0.3 is 9.84 Å². The van der Waals surface area contributed by atoms with Gasteiger partial charge in [-0.3, -0.25) is 0 Å². The van der Waals surface area contributed by atoms with Crippen LogP contribution in [0.2, 0.25) is 0 Å². The Labute approximate surface area is 114 Å². The van der Waals surface area contributed by atoms with Crippen LogP contribution in [0.5, 0.6) is 0 Å². The van der Waals surface area contributed by atoms with Gasteiger partial charge in [0.25, 0.3) is 0 Å². The quantitative estimate of drug-likeness (QED) is 0.819. The Morgan fingerprint density at radius 1 is 1.26 bits per heavy atom. The van der Waals surface area contributed by atoms with Gasteiger partial charge in [0.2, 0.25) is 10.0 Å². The molecule has 0 fully saturated rings. The molecule has 0 bridgehead atoms. The summed E-state index contributed by atoms with van der Waals surface area (Å²) in [5.41, 5.74) is 0.685. The highest BCUT2D eigenvalue weighted by Gasteiger charge is 2.20. The van der Waals surface area contributed by atoms with Crippen molar-refractivity contribution >= 4 is 10.0 Å². The van der Waals surface area contributed by atoms with Crippen LogP contribution in [0, 0.1) is 0 Å². The normalized spacial score (nSPS) is 12.3. The molecule has 108 valence electrons. The standard InChI is InChI=1S/C13H21NO4S/c1-11(2)18-9-8-14(3)19(16,17)13-6-4-12(10-15)5-7-13/h4-7,11,15H,8-10H2,1-3H3. The van der Waals surface area contributed by atoms with E-state index in [1.807, 2.05) is 13.8 Å². The van der Waals surface area contributed by atoms with Gasteiger partial charge in [-0.1, -0.05) is 12.1 Å². The Morgan fingerprint density at radius 2 is 1.84 bits per heavy atom. The number of nitrogens with zero attached hydrogens (tertiary/aromatic N) is 1. The SMILES string of the molecule is CC(C)OCCN(C)S(=O)(=O)c1ccc(CO)cc1. The lowest BCUT2D eigenvalue weighted by Gasteiger charge is -2.18. The molecule has 0 aliphatic heterocycles. The molecule has 5 nitrogen and oxygen atoms in total. The van der Waals surface area contributed by atoms with Gasteiger partial charge in [-0.2, -0.15) is 4.31 Å². The predicted octanol–water partition coefficient (Wildman–Crippen LogP) is 1.22. The first-order valence-electron chi connectivity index (χ1n) is 6.15. The Hall–Kier alpha value is -0.950. The van der Waals surface area contributed by atoms with Crippen LogP contribution in [-0.2, 0) is 21.4 Å². The number of hydrogen-bond donors (Lipinski definition) is 1. The fourth-order valence-corrected chi connectivity index (χ4v) is 2.64. The van der Waals surface area contributed by atoms with Gasteiger partial charge in [0.05, 0.1) is 24.2 Å². The summed E-state index contributed by atoms with van der Waals surface area (Å²) < 4.78 is 31.0. The summed E-state index contributed by atoms with van der Waals surface area (Å²) in [4.78, 5) is 0.219. The van der Waals surface area contributed by atoms with E-state index in [0.29, 0.717) is 18.7 Å². The topological polar surface area (TPSA) is 66.8 Å². The lowest BCUT2D eigenvalue weighted by molar-refractivity contribution is 0.0737. The molecule has 19 heavy (non-hydrogen) atoms. The van der Waals surface area contributed by atoms with Crippen molar-refractivity contribution in [1.82, 2.24) is 4.31 Å². The minimum atomic E-state index is -3.49. The van der Waals surface area contributed by atoms with Crippen LogP contribution in [0.1, 0.15) is 19.4 Å². The Kier molecular flexibility index (Phi) is 5.93. The van der Waals surface area contributed by atoms with Crippen molar-refractivity contribution < 1.29 is 18.3 Å². The Balaban J connectivity index is 2.72. The van der Waals surface area contributed by atoms with Gasteiger partial charge in [-0.25, -0.2) is 8.42 Å². The van der Waals surface area contributed by atoms with E-state index in [2.05, 4.69) is 0 Å². The van der Waals surface area contributed by atoms with Crippen molar-refractivity contribution in [2.24, 2.45) is 0 Å². The molecular formula is C13H21NO4S. The number of aliphatic hydroxyl groups excluding tert-OH is 1. The number of aliphatic hydroxyl groups is 1. The van der Waals surface area contributed by atoms with E-state index < -0.39 is 10.0 Å². The summed E-state index contributed by atoms with van der Waals surface area (Å²) in [6.07, 6.45) is 0.0833. The zero-order chi connectivity index (χ0) is 14.5. The summed E-state index contributed by atoms with van der Waals surface area (Å²) in [7, 11) is -1.96. The van der Waals surface area contributed by atoms with E-state index in [0.717, 1.165) is 0 Å². The lowest BCUT2D eigenvalue weighted by atomic mass is 10.2. The maximum Gasteiger partial charge on any atom is 0.242 e. The highest BCUT2D eigenvalue weighted by molar-refractivity contribution is 7.89. The number of hydrogen-bond acceptors (Lipinski definition) is 4. The summed E-state index contributed by atoms with van der Waals surface area (Å²) in [6.45, 7) is 4.38. The lowest BCUT2D eigenvalue weighted by Crippen LogP contribution is -2.30. The molecule has 0 aliphatic carbocycles. The first-order valence-corrected chi connectivity index (χ1v) is 7.59. The van der Waals surface area contributed by atoms with Gasteiger partial charge in [0.1, 0.15) is 0 Å². The minimum Gasteiger partial charge on any atom is -0.392 e. The van der Waals surface area contributed by atoms with E-state index >= 15 is 0 Å². The van der Waals surface area contributed by atoms with Gasteiger partial charge in [-0.05, 0) is 31.5 Å².